The van der Waals surface area contributed by atoms with Gasteiger partial charge in [-0.2, -0.15) is 0 Å². The first-order valence-electron chi connectivity index (χ1n) is 7.27. The number of anilines is 1. The van der Waals surface area contributed by atoms with Crippen LogP contribution in [-0.2, 0) is 6.54 Å². The molecule has 3 saturated heterocycles. The lowest BCUT2D eigenvalue weighted by Gasteiger charge is -2.56. The summed E-state index contributed by atoms with van der Waals surface area (Å²) in [5.41, 5.74) is 1.06. The fraction of sp³-hybridized carbons (Fsp3) is 0.400. The summed E-state index contributed by atoms with van der Waals surface area (Å²) in [6.45, 7) is 2.66. The molecule has 114 valence electrons. The molecule has 2 aromatic rings. The Labute approximate surface area is 136 Å². The van der Waals surface area contributed by atoms with Gasteiger partial charge in [-0.15, -0.1) is 0 Å². The molecule has 3 aliphatic heterocycles. The maximum atomic E-state index is 13.9. The predicted molar refractivity (Wildman–Crippen MR) is 83.9 cm³/mol. The zero-order valence-corrected chi connectivity index (χ0v) is 13.4. The number of nitrogens with zero attached hydrogens (tertiary/aromatic N) is 5. The van der Waals surface area contributed by atoms with Crippen molar-refractivity contribution >= 4 is 21.7 Å². The van der Waals surface area contributed by atoms with Crippen LogP contribution in [0.15, 0.2) is 35.3 Å². The molecule has 0 saturated carbocycles. The van der Waals surface area contributed by atoms with E-state index >= 15 is 0 Å². The van der Waals surface area contributed by atoms with Gasteiger partial charge in [-0.1, -0.05) is 0 Å². The number of piperazine rings is 1. The van der Waals surface area contributed by atoms with Crippen molar-refractivity contribution in [3.8, 4) is 0 Å². The number of hydrogen-bond acceptors (Lipinski definition) is 5. The van der Waals surface area contributed by atoms with Crippen LogP contribution in [0.1, 0.15) is 12.1 Å². The Kier molecular flexibility index (Phi) is 3.54. The van der Waals surface area contributed by atoms with E-state index in [4.69, 9.17) is 0 Å². The number of hydrogen-bond donors (Lipinski definition) is 0. The SMILES string of the molecule is Fc1cncnc1N1C2CC1CN(Cc1ccc(Br)cn1)C2. The average molecular weight is 364 g/mol. The third-order valence-corrected chi connectivity index (χ3v) is 4.80. The number of fused-ring (bicyclic) bond motifs is 2. The molecule has 0 N–H and O–H groups in total. The van der Waals surface area contributed by atoms with E-state index in [2.05, 4.69) is 40.7 Å². The molecule has 5 heterocycles. The number of pyridine rings is 1. The molecule has 0 amide bonds. The summed E-state index contributed by atoms with van der Waals surface area (Å²) in [4.78, 5) is 16.7. The van der Waals surface area contributed by atoms with Gasteiger partial charge in [0.2, 0.25) is 0 Å². The maximum Gasteiger partial charge on any atom is 0.183 e. The number of rotatable bonds is 3. The van der Waals surface area contributed by atoms with Gasteiger partial charge in [-0.3, -0.25) is 9.88 Å². The average Bonchev–Trinajstić information content (AvgIpc) is 2.52. The van der Waals surface area contributed by atoms with Gasteiger partial charge < -0.3 is 4.90 Å². The van der Waals surface area contributed by atoms with Crippen LogP contribution in [-0.4, -0.2) is 45.0 Å². The van der Waals surface area contributed by atoms with E-state index in [9.17, 15) is 4.39 Å². The molecule has 0 aliphatic carbocycles. The first-order chi connectivity index (χ1) is 10.7. The van der Waals surface area contributed by atoms with E-state index in [1.165, 1.54) is 12.5 Å². The van der Waals surface area contributed by atoms with Crippen molar-refractivity contribution in [3.05, 3.63) is 46.8 Å². The Balaban J connectivity index is 1.44. The molecular formula is C15H15BrFN5. The highest BCUT2D eigenvalue weighted by Crippen LogP contribution is 2.37. The largest absolute Gasteiger partial charge is 0.345 e. The Bertz CT molecular complexity index is 668. The lowest BCUT2D eigenvalue weighted by molar-refractivity contribution is 0.105. The second kappa shape index (κ2) is 5.55. The third-order valence-electron chi connectivity index (χ3n) is 4.34. The van der Waals surface area contributed by atoms with Gasteiger partial charge in [0.05, 0.1) is 11.9 Å². The van der Waals surface area contributed by atoms with Crippen molar-refractivity contribution in [1.82, 2.24) is 19.9 Å². The summed E-state index contributed by atoms with van der Waals surface area (Å²) in [5.74, 6) is 0.109. The van der Waals surface area contributed by atoms with Crippen LogP contribution in [0, 0.1) is 5.82 Å². The Morgan fingerprint density at radius 1 is 1.18 bits per heavy atom. The lowest BCUT2D eigenvalue weighted by Crippen LogP contribution is -2.69. The summed E-state index contributed by atoms with van der Waals surface area (Å²) in [5, 5.41) is 0. The van der Waals surface area contributed by atoms with Crippen LogP contribution in [0.25, 0.3) is 0 Å². The molecule has 5 rings (SSSR count). The van der Waals surface area contributed by atoms with Crippen LogP contribution >= 0.6 is 15.9 Å². The van der Waals surface area contributed by atoms with Crippen molar-refractivity contribution in [3.63, 3.8) is 0 Å². The van der Waals surface area contributed by atoms with Gasteiger partial charge in [-0.05, 0) is 34.5 Å². The topological polar surface area (TPSA) is 45.2 Å². The van der Waals surface area contributed by atoms with Crippen molar-refractivity contribution in [1.29, 1.82) is 0 Å². The van der Waals surface area contributed by atoms with Crippen LogP contribution in [0.3, 0.4) is 0 Å². The minimum atomic E-state index is -0.333. The minimum absolute atomic E-state index is 0.332. The minimum Gasteiger partial charge on any atom is -0.345 e. The summed E-state index contributed by atoms with van der Waals surface area (Å²) < 4.78 is 14.8. The van der Waals surface area contributed by atoms with E-state index in [1.807, 2.05) is 18.3 Å². The van der Waals surface area contributed by atoms with Crippen LogP contribution < -0.4 is 4.90 Å². The second-order valence-corrected chi connectivity index (χ2v) is 6.72. The molecule has 22 heavy (non-hydrogen) atoms. The van der Waals surface area contributed by atoms with Crippen LogP contribution in [0.2, 0.25) is 0 Å². The molecule has 2 atom stereocenters. The van der Waals surface area contributed by atoms with E-state index < -0.39 is 0 Å². The molecule has 7 heteroatoms. The van der Waals surface area contributed by atoms with Crippen molar-refractivity contribution in [2.75, 3.05) is 18.0 Å². The van der Waals surface area contributed by atoms with Gasteiger partial charge >= 0.3 is 0 Å². The van der Waals surface area contributed by atoms with E-state index in [0.717, 1.165) is 36.2 Å². The lowest BCUT2D eigenvalue weighted by atomic mass is 9.87. The molecule has 0 radical (unpaired) electrons. The van der Waals surface area contributed by atoms with Crippen molar-refractivity contribution < 1.29 is 4.39 Å². The quantitative estimate of drug-likeness (QED) is 0.836. The van der Waals surface area contributed by atoms with Crippen LogP contribution in [0.5, 0.6) is 0 Å². The predicted octanol–water partition coefficient (Wildman–Crippen LogP) is 2.24. The second-order valence-electron chi connectivity index (χ2n) is 5.81. The van der Waals surface area contributed by atoms with Crippen molar-refractivity contribution in [2.45, 2.75) is 25.0 Å². The summed E-state index contributed by atoms with van der Waals surface area (Å²) >= 11 is 3.40. The van der Waals surface area contributed by atoms with Gasteiger partial charge in [-0.25, -0.2) is 14.4 Å². The first-order valence-corrected chi connectivity index (χ1v) is 8.06. The monoisotopic (exact) mass is 363 g/mol. The van der Waals surface area contributed by atoms with Gasteiger partial charge in [0, 0.05) is 42.4 Å². The molecule has 5 nitrogen and oxygen atoms in total. The van der Waals surface area contributed by atoms with Crippen molar-refractivity contribution in [2.24, 2.45) is 0 Å². The fourth-order valence-electron chi connectivity index (χ4n) is 3.40. The van der Waals surface area contributed by atoms with Gasteiger partial charge in [0.1, 0.15) is 6.33 Å². The highest BCUT2D eigenvalue weighted by molar-refractivity contribution is 9.10. The zero-order valence-electron chi connectivity index (χ0n) is 11.9. The maximum absolute atomic E-state index is 13.9. The highest BCUT2D eigenvalue weighted by atomic mass is 79.9. The normalized spacial score (nSPS) is 24.2. The molecule has 0 spiro atoms. The molecule has 3 aliphatic rings. The molecular weight excluding hydrogens is 349 g/mol. The molecule has 0 aromatic carbocycles. The number of piperidine rings is 1. The van der Waals surface area contributed by atoms with Gasteiger partial charge in [0.25, 0.3) is 0 Å². The molecule has 2 aromatic heterocycles. The highest BCUT2D eigenvalue weighted by Gasteiger charge is 2.46. The summed E-state index contributed by atoms with van der Waals surface area (Å²) in [6, 6.07) is 4.71. The zero-order chi connectivity index (χ0) is 15.1. The van der Waals surface area contributed by atoms with Gasteiger partial charge in [0.15, 0.2) is 11.6 Å². The van der Waals surface area contributed by atoms with E-state index in [0.29, 0.717) is 17.9 Å². The molecule has 2 bridgehead atoms. The Morgan fingerprint density at radius 3 is 2.68 bits per heavy atom. The Morgan fingerprint density at radius 2 is 2.00 bits per heavy atom. The van der Waals surface area contributed by atoms with E-state index in [-0.39, 0.29) is 5.82 Å². The third kappa shape index (κ3) is 2.48. The smallest absolute Gasteiger partial charge is 0.183 e. The molecule has 2 unspecified atom stereocenters. The standard InChI is InChI=1S/C15H15BrFN5/c16-10-1-2-11(19-4-10)6-21-7-12-3-13(8-21)22(12)15-14(17)5-18-9-20-15/h1-2,4-5,9,12-13H,3,6-8H2. The van der Waals surface area contributed by atoms with E-state index in [1.54, 1.807) is 0 Å². The number of halogens is 2. The van der Waals surface area contributed by atoms with Crippen LogP contribution in [0.4, 0.5) is 10.2 Å². The summed E-state index contributed by atoms with van der Waals surface area (Å²) in [6.07, 6.45) is 5.58. The Hall–Kier alpha value is -1.60. The number of aromatic nitrogens is 3. The first kappa shape index (κ1) is 14.0. The summed E-state index contributed by atoms with van der Waals surface area (Å²) in [7, 11) is 0. The molecule has 3 fully saturated rings. The fourth-order valence-corrected chi connectivity index (χ4v) is 3.63.